The quantitative estimate of drug-likeness (QED) is 0.900. The molecule has 2 atom stereocenters. The molecule has 100 valence electrons. The number of methoxy groups -OCH3 is 1. The summed E-state index contributed by atoms with van der Waals surface area (Å²) in [7, 11) is 1.48. The molecule has 1 aliphatic rings. The van der Waals surface area contributed by atoms with Gasteiger partial charge in [-0.25, -0.2) is 4.39 Å². The lowest BCUT2D eigenvalue weighted by molar-refractivity contribution is -0.0751. The van der Waals surface area contributed by atoms with E-state index in [9.17, 15) is 9.50 Å². The lowest BCUT2D eigenvalue weighted by Crippen LogP contribution is -2.38. The van der Waals surface area contributed by atoms with Gasteiger partial charge in [-0.2, -0.15) is 0 Å². The molecule has 18 heavy (non-hydrogen) atoms. The normalized spacial score (nSPS) is 23.4. The van der Waals surface area contributed by atoms with Crippen LogP contribution < -0.4 is 4.74 Å². The number of hydrogen-bond acceptors (Lipinski definition) is 3. The van der Waals surface area contributed by atoms with Gasteiger partial charge < -0.3 is 14.6 Å². The van der Waals surface area contributed by atoms with E-state index < -0.39 is 11.4 Å². The van der Waals surface area contributed by atoms with Crippen molar-refractivity contribution >= 4 is 0 Å². The minimum absolute atomic E-state index is 0.114. The summed E-state index contributed by atoms with van der Waals surface area (Å²) in [5.74, 6) is -0.174. The van der Waals surface area contributed by atoms with Crippen LogP contribution in [0.3, 0.4) is 0 Å². The van der Waals surface area contributed by atoms with E-state index in [1.54, 1.807) is 19.1 Å². The Hall–Kier alpha value is -1.13. The number of halogens is 1. The lowest BCUT2D eigenvalue weighted by atomic mass is 9.79. The largest absolute Gasteiger partial charge is 0.496 e. The van der Waals surface area contributed by atoms with Crippen LogP contribution in [0.4, 0.5) is 4.39 Å². The summed E-state index contributed by atoms with van der Waals surface area (Å²) in [6.07, 6.45) is 1.71. The number of ether oxygens (including phenoxy) is 2. The van der Waals surface area contributed by atoms with Crippen LogP contribution in [-0.2, 0) is 10.3 Å². The first-order valence-electron chi connectivity index (χ1n) is 6.20. The number of aliphatic hydroxyl groups is 1. The Labute approximate surface area is 107 Å². The summed E-state index contributed by atoms with van der Waals surface area (Å²) in [5.41, 5.74) is -1.06. The first-order chi connectivity index (χ1) is 8.57. The standard InChI is InChI=1S/C14H19FO3/c1-14(16,10-5-4-8-18-9-10)13-11(15)6-3-7-12(13)17-2/h3,6-7,10,16H,4-5,8-9H2,1-2H3. The Morgan fingerprint density at radius 3 is 2.89 bits per heavy atom. The first kappa shape index (κ1) is 13.3. The van der Waals surface area contributed by atoms with Gasteiger partial charge in [0, 0.05) is 12.5 Å². The van der Waals surface area contributed by atoms with Crippen molar-refractivity contribution in [3.8, 4) is 5.75 Å². The van der Waals surface area contributed by atoms with Gasteiger partial charge in [-0.05, 0) is 31.9 Å². The van der Waals surface area contributed by atoms with Crippen molar-refractivity contribution in [2.45, 2.75) is 25.4 Å². The highest BCUT2D eigenvalue weighted by atomic mass is 19.1. The molecular formula is C14H19FO3. The fourth-order valence-electron chi connectivity index (χ4n) is 2.55. The van der Waals surface area contributed by atoms with E-state index in [0.29, 0.717) is 19.0 Å². The second-order valence-electron chi connectivity index (χ2n) is 4.88. The highest BCUT2D eigenvalue weighted by Crippen LogP contribution is 2.40. The van der Waals surface area contributed by atoms with Gasteiger partial charge in [-0.15, -0.1) is 0 Å². The Balaban J connectivity index is 2.39. The molecule has 2 unspecified atom stereocenters. The van der Waals surface area contributed by atoms with Gasteiger partial charge in [0.05, 0.1) is 24.9 Å². The maximum atomic E-state index is 14.0. The van der Waals surface area contributed by atoms with E-state index in [1.807, 2.05) is 0 Å². The third-order valence-corrected chi connectivity index (χ3v) is 3.66. The molecule has 4 heteroatoms. The van der Waals surface area contributed by atoms with Crippen LogP contribution in [0.2, 0.25) is 0 Å². The topological polar surface area (TPSA) is 38.7 Å². The second kappa shape index (κ2) is 5.24. The summed E-state index contributed by atoms with van der Waals surface area (Å²) >= 11 is 0. The predicted octanol–water partition coefficient (Wildman–Crippen LogP) is 2.47. The van der Waals surface area contributed by atoms with Crippen molar-refractivity contribution in [2.75, 3.05) is 20.3 Å². The maximum absolute atomic E-state index is 14.0. The number of hydrogen-bond donors (Lipinski definition) is 1. The van der Waals surface area contributed by atoms with Crippen molar-refractivity contribution < 1.29 is 19.0 Å². The van der Waals surface area contributed by atoms with Gasteiger partial charge in [0.25, 0.3) is 0 Å². The van der Waals surface area contributed by atoms with Gasteiger partial charge in [0.2, 0.25) is 0 Å². The van der Waals surface area contributed by atoms with Gasteiger partial charge in [0.1, 0.15) is 11.6 Å². The second-order valence-corrected chi connectivity index (χ2v) is 4.88. The zero-order valence-electron chi connectivity index (χ0n) is 10.8. The average Bonchev–Trinajstić information content (AvgIpc) is 2.39. The summed E-state index contributed by atoms with van der Waals surface area (Å²) in [5, 5.41) is 10.7. The fraction of sp³-hybridized carbons (Fsp3) is 0.571. The SMILES string of the molecule is COc1cccc(F)c1C(C)(O)C1CCCOC1. The zero-order valence-corrected chi connectivity index (χ0v) is 10.8. The monoisotopic (exact) mass is 254 g/mol. The Kier molecular flexibility index (Phi) is 3.88. The molecule has 0 bridgehead atoms. The van der Waals surface area contributed by atoms with E-state index in [2.05, 4.69) is 0 Å². The summed E-state index contributed by atoms with van der Waals surface area (Å²) < 4.78 is 24.5. The van der Waals surface area contributed by atoms with Crippen molar-refractivity contribution in [2.24, 2.45) is 5.92 Å². The predicted molar refractivity (Wildman–Crippen MR) is 66.1 cm³/mol. The minimum Gasteiger partial charge on any atom is -0.496 e. The molecule has 0 spiro atoms. The van der Waals surface area contributed by atoms with Gasteiger partial charge in [-0.1, -0.05) is 6.07 Å². The third kappa shape index (κ3) is 2.35. The highest BCUT2D eigenvalue weighted by Gasteiger charge is 2.39. The van der Waals surface area contributed by atoms with Gasteiger partial charge >= 0.3 is 0 Å². The Morgan fingerprint density at radius 2 is 2.28 bits per heavy atom. The van der Waals surface area contributed by atoms with E-state index >= 15 is 0 Å². The minimum atomic E-state index is -1.28. The molecule has 0 amide bonds. The van der Waals surface area contributed by atoms with E-state index in [4.69, 9.17) is 9.47 Å². The van der Waals surface area contributed by atoms with Gasteiger partial charge in [-0.3, -0.25) is 0 Å². The number of benzene rings is 1. The lowest BCUT2D eigenvalue weighted by Gasteiger charge is -2.36. The van der Waals surface area contributed by atoms with Gasteiger partial charge in [0.15, 0.2) is 0 Å². The molecule has 1 fully saturated rings. The molecule has 0 aromatic heterocycles. The van der Waals surface area contributed by atoms with Crippen molar-refractivity contribution in [3.05, 3.63) is 29.6 Å². The molecule has 1 aromatic rings. The molecule has 0 saturated carbocycles. The van der Waals surface area contributed by atoms with Crippen molar-refractivity contribution in [1.82, 2.24) is 0 Å². The van der Waals surface area contributed by atoms with E-state index in [0.717, 1.165) is 12.8 Å². The van der Waals surface area contributed by atoms with Crippen LogP contribution >= 0.6 is 0 Å². The molecule has 2 rings (SSSR count). The van der Waals surface area contributed by atoms with Crippen LogP contribution in [0.1, 0.15) is 25.3 Å². The molecule has 0 radical (unpaired) electrons. The summed E-state index contributed by atoms with van der Waals surface area (Å²) in [6, 6.07) is 4.58. The van der Waals surface area contributed by atoms with Crippen LogP contribution in [0, 0.1) is 11.7 Å². The molecule has 1 saturated heterocycles. The molecule has 1 aromatic carbocycles. The van der Waals surface area contributed by atoms with Crippen LogP contribution in [0.25, 0.3) is 0 Å². The number of rotatable bonds is 3. The van der Waals surface area contributed by atoms with E-state index in [-0.39, 0.29) is 11.5 Å². The molecule has 3 nitrogen and oxygen atoms in total. The van der Waals surface area contributed by atoms with Crippen molar-refractivity contribution in [3.63, 3.8) is 0 Å². The van der Waals surface area contributed by atoms with Crippen molar-refractivity contribution in [1.29, 1.82) is 0 Å². The third-order valence-electron chi connectivity index (χ3n) is 3.66. The van der Waals surface area contributed by atoms with Crippen LogP contribution in [0.15, 0.2) is 18.2 Å². The average molecular weight is 254 g/mol. The Morgan fingerprint density at radius 1 is 1.50 bits per heavy atom. The Bertz CT molecular complexity index is 412. The summed E-state index contributed by atoms with van der Waals surface area (Å²) in [6.45, 7) is 2.79. The molecule has 1 N–H and O–H groups in total. The zero-order chi connectivity index (χ0) is 13.2. The van der Waals surface area contributed by atoms with Crippen LogP contribution in [-0.4, -0.2) is 25.4 Å². The van der Waals surface area contributed by atoms with Crippen LogP contribution in [0.5, 0.6) is 5.75 Å². The summed E-state index contributed by atoms with van der Waals surface area (Å²) in [4.78, 5) is 0. The first-order valence-corrected chi connectivity index (χ1v) is 6.20. The van der Waals surface area contributed by atoms with E-state index in [1.165, 1.54) is 13.2 Å². The fourth-order valence-corrected chi connectivity index (χ4v) is 2.55. The molecule has 1 heterocycles. The molecule has 0 aliphatic carbocycles. The molecular weight excluding hydrogens is 235 g/mol. The smallest absolute Gasteiger partial charge is 0.133 e. The maximum Gasteiger partial charge on any atom is 0.133 e. The highest BCUT2D eigenvalue weighted by molar-refractivity contribution is 5.39. The molecule has 1 aliphatic heterocycles.